The molecule has 1 aliphatic heterocycles. The Morgan fingerprint density at radius 1 is 1.46 bits per heavy atom. The first-order valence-electron chi connectivity index (χ1n) is 9.17. The second-order valence-corrected chi connectivity index (χ2v) is 7.43. The Morgan fingerprint density at radius 2 is 2.25 bits per heavy atom. The molecule has 0 aliphatic carbocycles. The summed E-state index contributed by atoms with van der Waals surface area (Å²) in [6.45, 7) is 8.85. The number of guanidine groups is 1. The average Bonchev–Trinajstić information content (AvgIpc) is 3.01. The SMILES string of the molecule is CCNC(=NCCCc1nc(C)cs1)N(C)CCC1CCOCC1. The number of nitrogens with one attached hydrogen (secondary N) is 1. The zero-order valence-corrected chi connectivity index (χ0v) is 16.2. The van der Waals surface area contributed by atoms with Crippen molar-refractivity contribution in [3.05, 3.63) is 16.1 Å². The van der Waals surface area contributed by atoms with Crippen LogP contribution in [0, 0.1) is 12.8 Å². The molecule has 136 valence electrons. The van der Waals surface area contributed by atoms with Crippen molar-refractivity contribution in [3.8, 4) is 0 Å². The van der Waals surface area contributed by atoms with E-state index < -0.39 is 0 Å². The van der Waals surface area contributed by atoms with Crippen molar-refractivity contribution < 1.29 is 4.74 Å². The molecule has 24 heavy (non-hydrogen) atoms. The smallest absolute Gasteiger partial charge is 0.193 e. The molecular formula is C18H32N4OS. The van der Waals surface area contributed by atoms with Crippen LogP contribution in [0.5, 0.6) is 0 Å². The standard InChI is InChI=1S/C18H32N4OS/c1-4-19-18(20-10-5-6-17-21-15(2)14-24-17)22(3)11-7-16-8-12-23-13-9-16/h14,16H,4-13H2,1-3H3,(H,19,20). The summed E-state index contributed by atoms with van der Waals surface area (Å²) in [7, 11) is 2.14. The normalized spacial score (nSPS) is 16.4. The van der Waals surface area contributed by atoms with E-state index in [0.29, 0.717) is 0 Å². The summed E-state index contributed by atoms with van der Waals surface area (Å²) in [6, 6.07) is 0. The summed E-state index contributed by atoms with van der Waals surface area (Å²) < 4.78 is 5.44. The molecule has 0 aromatic carbocycles. The van der Waals surface area contributed by atoms with Crippen LogP contribution in [-0.2, 0) is 11.2 Å². The number of thiazole rings is 1. The van der Waals surface area contributed by atoms with E-state index in [1.165, 1.54) is 24.3 Å². The van der Waals surface area contributed by atoms with E-state index in [1.54, 1.807) is 11.3 Å². The summed E-state index contributed by atoms with van der Waals surface area (Å²) in [5.41, 5.74) is 1.12. The van der Waals surface area contributed by atoms with Gasteiger partial charge in [-0.25, -0.2) is 4.98 Å². The van der Waals surface area contributed by atoms with Gasteiger partial charge in [0.1, 0.15) is 0 Å². The van der Waals surface area contributed by atoms with Gasteiger partial charge < -0.3 is 15.0 Å². The third-order valence-corrected chi connectivity index (χ3v) is 5.41. The van der Waals surface area contributed by atoms with Gasteiger partial charge in [0.2, 0.25) is 0 Å². The maximum Gasteiger partial charge on any atom is 0.193 e. The molecule has 1 aliphatic rings. The maximum absolute atomic E-state index is 5.44. The molecule has 0 radical (unpaired) electrons. The van der Waals surface area contributed by atoms with Gasteiger partial charge in [0.15, 0.2) is 5.96 Å². The van der Waals surface area contributed by atoms with Crippen molar-refractivity contribution in [2.45, 2.75) is 46.0 Å². The Bertz CT molecular complexity index is 497. The molecule has 0 bridgehead atoms. The number of rotatable bonds is 8. The number of aromatic nitrogens is 1. The fraction of sp³-hybridized carbons (Fsp3) is 0.778. The highest BCUT2D eigenvalue weighted by Crippen LogP contribution is 2.18. The molecule has 1 saturated heterocycles. The molecule has 0 saturated carbocycles. The second kappa shape index (κ2) is 10.7. The highest BCUT2D eigenvalue weighted by atomic mass is 32.1. The van der Waals surface area contributed by atoms with E-state index in [4.69, 9.17) is 9.73 Å². The lowest BCUT2D eigenvalue weighted by Gasteiger charge is -2.26. The second-order valence-electron chi connectivity index (χ2n) is 6.49. The minimum Gasteiger partial charge on any atom is -0.381 e. The Kier molecular flexibility index (Phi) is 8.53. The highest BCUT2D eigenvalue weighted by Gasteiger charge is 2.15. The fourth-order valence-corrected chi connectivity index (χ4v) is 3.74. The minimum atomic E-state index is 0.803. The molecule has 1 N–H and O–H groups in total. The highest BCUT2D eigenvalue weighted by molar-refractivity contribution is 7.09. The Balaban J connectivity index is 1.73. The lowest BCUT2D eigenvalue weighted by molar-refractivity contribution is 0.0625. The summed E-state index contributed by atoms with van der Waals surface area (Å²) in [6.07, 6.45) is 5.70. The van der Waals surface area contributed by atoms with Gasteiger partial charge in [-0.3, -0.25) is 4.99 Å². The number of hydrogen-bond acceptors (Lipinski definition) is 4. The van der Waals surface area contributed by atoms with Crippen molar-refractivity contribution in [1.29, 1.82) is 0 Å². The van der Waals surface area contributed by atoms with E-state index in [-0.39, 0.29) is 0 Å². The predicted octanol–water partition coefficient (Wildman–Crippen LogP) is 3.10. The lowest BCUT2D eigenvalue weighted by Crippen LogP contribution is -2.40. The number of ether oxygens (including phenoxy) is 1. The topological polar surface area (TPSA) is 49.8 Å². The summed E-state index contributed by atoms with van der Waals surface area (Å²) in [5.74, 6) is 1.83. The quantitative estimate of drug-likeness (QED) is 0.444. The van der Waals surface area contributed by atoms with Crippen LogP contribution in [0.15, 0.2) is 10.4 Å². The van der Waals surface area contributed by atoms with Gasteiger partial charge in [0.25, 0.3) is 0 Å². The number of nitrogens with zero attached hydrogens (tertiary/aromatic N) is 3. The molecule has 1 aromatic heterocycles. The van der Waals surface area contributed by atoms with Gasteiger partial charge in [0, 0.05) is 57.4 Å². The van der Waals surface area contributed by atoms with Gasteiger partial charge >= 0.3 is 0 Å². The Hall–Kier alpha value is -1.14. The first-order chi connectivity index (χ1) is 11.7. The number of hydrogen-bond donors (Lipinski definition) is 1. The molecule has 1 aromatic rings. The van der Waals surface area contributed by atoms with Crippen molar-refractivity contribution in [3.63, 3.8) is 0 Å². The van der Waals surface area contributed by atoms with E-state index in [0.717, 1.165) is 63.3 Å². The molecule has 1 fully saturated rings. The van der Waals surface area contributed by atoms with E-state index >= 15 is 0 Å². The summed E-state index contributed by atoms with van der Waals surface area (Å²) in [5, 5.41) is 6.75. The third kappa shape index (κ3) is 6.77. The molecule has 0 unspecified atom stereocenters. The summed E-state index contributed by atoms with van der Waals surface area (Å²) in [4.78, 5) is 11.6. The van der Waals surface area contributed by atoms with Gasteiger partial charge in [-0.05, 0) is 45.4 Å². The van der Waals surface area contributed by atoms with Crippen LogP contribution in [-0.4, -0.2) is 55.7 Å². The van der Waals surface area contributed by atoms with Crippen LogP contribution in [0.25, 0.3) is 0 Å². The van der Waals surface area contributed by atoms with Crippen LogP contribution in [0.4, 0.5) is 0 Å². The molecule has 6 heteroatoms. The van der Waals surface area contributed by atoms with Crippen molar-refractivity contribution in [1.82, 2.24) is 15.2 Å². The lowest BCUT2D eigenvalue weighted by atomic mass is 9.96. The molecule has 0 atom stereocenters. The number of aliphatic imine (C=N–C) groups is 1. The Labute approximate surface area is 150 Å². The van der Waals surface area contributed by atoms with Gasteiger partial charge in [0.05, 0.1) is 5.01 Å². The van der Waals surface area contributed by atoms with Crippen LogP contribution < -0.4 is 5.32 Å². The number of aryl methyl sites for hydroxylation is 2. The largest absolute Gasteiger partial charge is 0.381 e. The maximum atomic E-state index is 5.44. The van der Waals surface area contributed by atoms with Crippen LogP contribution in [0.2, 0.25) is 0 Å². The first-order valence-corrected chi connectivity index (χ1v) is 10.0. The first kappa shape index (κ1) is 19.2. The molecule has 2 rings (SSSR count). The Morgan fingerprint density at radius 3 is 2.92 bits per heavy atom. The molecular weight excluding hydrogens is 320 g/mol. The monoisotopic (exact) mass is 352 g/mol. The van der Waals surface area contributed by atoms with Crippen molar-refractivity contribution >= 4 is 17.3 Å². The van der Waals surface area contributed by atoms with E-state index in [2.05, 4.69) is 41.5 Å². The zero-order valence-electron chi connectivity index (χ0n) is 15.4. The van der Waals surface area contributed by atoms with Gasteiger partial charge in [-0.15, -0.1) is 11.3 Å². The van der Waals surface area contributed by atoms with Crippen molar-refractivity contribution in [2.75, 3.05) is 39.9 Å². The van der Waals surface area contributed by atoms with Crippen molar-refractivity contribution in [2.24, 2.45) is 10.9 Å². The van der Waals surface area contributed by atoms with Crippen LogP contribution >= 0.6 is 11.3 Å². The molecule has 0 spiro atoms. The zero-order chi connectivity index (χ0) is 17.2. The minimum absolute atomic E-state index is 0.803. The molecule has 5 nitrogen and oxygen atoms in total. The molecule has 2 heterocycles. The average molecular weight is 353 g/mol. The van der Waals surface area contributed by atoms with Crippen LogP contribution in [0.1, 0.15) is 43.3 Å². The van der Waals surface area contributed by atoms with E-state index in [1.807, 2.05) is 0 Å². The predicted molar refractivity (Wildman–Crippen MR) is 102 cm³/mol. The fourth-order valence-electron chi connectivity index (χ4n) is 2.92. The summed E-state index contributed by atoms with van der Waals surface area (Å²) >= 11 is 1.75. The van der Waals surface area contributed by atoms with E-state index in [9.17, 15) is 0 Å². The van der Waals surface area contributed by atoms with Crippen LogP contribution in [0.3, 0.4) is 0 Å². The van der Waals surface area contributed by atoms with Gasteiger partial charge in [-0.1, -0.05) is 0 Å². The molecule has 0 amide bonds. The third-order valence-electron chi connectivity index (χ3n) is 4.39. The van der Waals surface area contributed by atoms with Gasteiger partial charge in [-0.2, -0.15) is 0 Å².